The van der Waals surface area contributed by atoms with Crippen molar-refractivity contribution >= 4 is 40.0 Å². The smallest absolute Gasteiger partial charge is 0.161 e. The summed E-state index contributed by atoms with van der Waals surface area (Å²) >= 11 is 8.20. The summed E-state index contributed by atoms with van der Waals surface area (Å²) in [5.74, 6) is -0.0356. The molecular formula is C11H8ClIN2O. The highest BCUT2D eigenvalue weighted by Gasteiger charge is 2.07. The molecule has 3 nitrogen and oxygen atoms in total. The number of aromatic nitrogens is 2. The molecule has 0 radical (unpaired) electrons. The Morgan fingerprint density at radius 1 is 1.50 bits per heavy atom. The van der Waals surface area contributed by atoms with Gasteiger partial charge in [-0.05, 0) is 47.7 Å². The van der Waals surface area contributed by atoms with Crippen molar-refractivity contribution in [3.8, 4) is 5.69 Å². The third-order valence-electron chi connectivity index (χ3n) is 2.15. The lowest BCUT2D eigenvalue weighted by molar-refractivity contribution is 0.101. The Hall–Kier alpha value is -0.880. The summed E-state index contributed by atoms with van der Waals surface area (Å²) in [4.78, 5) is 11.2. The van der Waals surface area contributed by atoms with Crippen LogP contribution in [0.5, 0.6) is 0 Å². The number of hydrogen-bond acceptors (Lipinski definition) is 2. The van der Waals surface area contributed by atoms with Crippen LogP contribution in [0.3, 0.4) is 0 Å². The van der Waals surface area contributed by atoms with Gasteiger partial charge in [0.1, 0.15) is 0 Å². The van der Waals surface area contributed by atoms with Gasteiger partial charge in [0.15, 0.2) is 5.78 Å². The summed E-state index contributed by atoms with van der Waals surface area (Å²) in [7, 11) is 0. The summed E-state index contributed by atoms with van der Waals surface area (Å²) < 4.78 is 2.77. The van der Waals surface area contributed by atoms with Crippen LogP contribution >= 0.6 is 34.2 Å². The molecule has 16 heavy (non-hydrogen) atoms. The topological polar surface area (TPSA) is 34.9 Å². The van der Waals surface area contributed by atoms with Crippen molar-refractivity contribution in [2.75, 3.05) is 0 Å². The molecule has 0 aliphatic rings. The summed E-state index contributed by atoms with van der Waals surface area (Å²) in [6, 6.07) is 5.28. The maximum Gasteiger partial charge on any atom is 0.161 e. The maximum absolute atomic E-state index is 11.2. The molecule has 2 aromatic rings. The van der Waals surface area contributed by atoms with Gasteiger partial charge in [-0.3, -0.25) is 4.79 Å². The van der Waals surface area contributed by atoms with Crippen molar-refractivity contribution in [2.24, 2.45) is 0 Å². The monoisotopic (exact) mass is 346 g/mol. The second kappa shape index (κ2) is 4.55. The second-order valence-corrected chi connectivity index (χ2v) is 4.98. The van der Waals surface area contributed by atoms with E-state index >= 15 is 0 Å². The van der Waals surface area contributed by atoms with E-state index in [1.807, 2.05) is 12.3 Å². The highest BCUT2D eigenvalue weighted by Crippen LogP contribution is 2.20. The van der Waals surface area contributed by atoms with Gasteiger partial charge in [0.05, 0.1) is 20.5 Å². The van der Waals surface area contributed by atoms with Crippen LogP contribution < -0.4 is 0 Å². The predicted octanol–water partition coefficient (Wildman–Crippen LogP) is 3.33. The van der Waals surface area contributed by atoms with Crippen molar-refractivity contribution in [3.05, 3.63) is 44.7 Å². The molecule has 0 bridgehead atoms. The molecule has 0 saturated carbocycles. The molecule has 0 fully saturated rings. The minimum absolute atomic E-state index is 0.0356. The molecule has 0 spiro atoms. The number of rotatable bonds is 2. The van der Waals surface area contributed by atoms with Gasteiger partial charge in [-0.15, -0.1) is 0 Å². The first-order valence-corrected chi connectivity index (χ1v) is 6.04. The Balaban J connectivity index is 2.45. The Bertz CT molecular complexity index is 551. The molecule has 1 aromatic carbocycles. The lowest BCUT2D eigenvalue weighted by Gasteiger charge is -2.04. The van der Waals surface area contributed by atoms with Crippen LogP contribution in [-0.2, 0) is 0 Å². The average molecular weight is 347 g/mol. The van der Waals surface area contributed by atoms with Crippen LogP contribution in [0.15, 0.2) is 30.6 Å². The molecule has 0 unspecified atom stereocenters. The zero-order valence-electron chi connectivity index (χ0n) is 8.45. The Kier molecular flexibility index (Phi) is 3.30. The Morgan fingerprint density at radius 2 is 2.25 bits per heavy atom. The number of hydrogen-bond donors (Lipinski definition) is 0. The lowest BCUT2D eigenvalue weighted by atomic mass is 10.1. The van der Waals surface area contributed by atoms with Gasteiger partial charge in [-0.2, -0.15) is 5.10 Å². The molecule has 0 N–H and O–H groups in total. The molecule has 82 valence electrons. The van der Waals surface area contributed by atoms with Gasteiger partial charge < -0.3 is 0 Å². The highest BCUT2D eigenvalue weighted by molar-refractivity contribution is 14.1. The number of nitrogens with zero attached hydrogens (tertiary/aromatic N) is 2. The minimum atomic E-state index is -0.0356. The van der Waals surface area contributed by atoms with E-state index in [0.717, 1.165) is 9.26 Å². The Labute approximate surface area is 112 Å². The van der Waals surface area contributed by atoms with E-state index in [2.05, 4.69) is 27.7 Å². The number of benzene rings is 1. The fourth-order valence-electron chi connectivity index (χ4n) is 1.37. The number of ketones is 1. The van der Waals surface area contributed by atoms with Crippen LogP contribution in [0.25, 0.3) is 5.69 Å². The Morgan fingerprint density at radius 3 is 2.75 bits per heavy atom. The van der Waals surface area contributed by atoms with E-state index < -0.39 is 0 Å². The summed E-state index contributed by atoms with van der Waals surface area (Å²) in [6.07, 6.45) is 3.65. The number of carbonyl (C=O) groups is 1. The molecule has 1 heterocycles. The van der Waals surface area contributed by atoms with E-state index in [1.165, 1.54) is 6.92 Å². The van der Waals surface area contributed by atoms with Gasteiger partial charge >= 0.3 is 0 Å². The third kappa shape index (κ3) is 2.27. The zero-order chi connectivity index (χ0) is 11.7. The van der Waals surface area contributed by atoms with Crippen molar-refractivity contribution in [2.45, 2.75) is 6.92 Å². The van der Waals surface area contributed by atoms with Gasteiger partial charge in [-0.1, -0.05) is 11.6 Å². The number of carbonyl (C=O) groups excluding carboxylic acids is 1. The molecule has 1 aromatic heterocycles. The molecular weight excluding hydrogens is 338 g/mol. The van der Waals surface area contributed by atoms with Crippen LogP contribution in [0, 0.1) is 3.57 Å². The van der Waals surface area contributed by atoms with Gasteiger partial charge in [0, 0.05) is 11.8 Å². The summed E-state index contributed by atoms with van der Waals surface area (Å²) in [5.41, 5.74) is 1.38. The van der Waals surface area contributed by atoms with Crippen LogP contribution in [0.1, 0.15) is 17.3 Å². The van der Waals surface area contributed by atoms with E-state index in [4.69, 9.17) is 11.6 Å². The predicted molar refractivity (Wildman–Crippen MR) is 71.3 cm³/mol. The highest BCUT2D eigenvalue weighted by atomic mass is 127. The lowest BCUT2D eigenvalue weighted by Crippen LogP contribution is -1.98. The maximum atomic E-state index is 11.2. The van der Waals surface area contributed by atoms with Crippen LogP contribution in [0.2, 0.25) is 5.02 Å². The van der Waals surface area contributed by atoms with Crippen molar-refractivity contribution in [3.63, 3.8) is 0 Å². The fraction of sp³-hybridized carbons (Fsp3) is 0.0909. The summed E-state index contributed by atoms with van der Waals surface area (Å²) in [5, 5.41) is 4.62. The van der Waals surface area contributed by atoms with Crippen molar-refractivity contribution in [1.29, 1.82) is 0 Å². The van der Waals surface area contributed by atoms with Gasteiger partial charge in [0.2, 0.25) is 0 Å². The van der Waals surface area contributed by atoms with Gasteiger partial charge in [0.25, 0.3) is 0 Å². The quantitative estimate of drug-likeness (QED) is 0.617. The normalized spacial score (nSPS) is 10.4. The molecule has 2 rings (SSSR count). The SMILES string of the molecule is CC(=O)c1ccc(-n2cc(I)cn2)cc1Cl. The summed E-state index contributed by atoms with van der Waals surface area (Å²) in [6.45, 7) is 1.50. The van der Waals surface area contributed by atoms with Crippen molar-refractivity contribution < 1.29 is 4.79 Å². The van der Waals surface area contributed by atoms with Crippen LogP contribution in [0.4, 0.5) is 0 Å². The second-order valence-electron chi connectivity index (χ2n) is 3.32. The molecule has 0 amide bonds. The first-order valence-electron chi connectivity index (χ1n) is 4.59. The molecule has 0 aliphatic heterocycles. The first-order chi connectivity index (χ1) is 7.58. The largest absolute Gasteiger partial charge is 0.294 e. The molecule has 5 heteroatoms. The van der Waals surface area contributed by atoms with E-state index in [-0.39, 0.29) is 5.78 Å². The fourth-order valence-corrected chi connectivity index (χ4v) is 2.07. The van der Waals surface area contributed by atoms with E-state index in [0.29, 0.717) is 10.6 Å². The van der Waals surface area contributed by atoms with Crippen molar-refractivity contribution in [1.82, 2.24) is 9.78 Å². The third-order valence-corrected chi connectivity index (χ3v) is 3.02. The molecule has 0 atom stereocenters. The van der Waals surface area contributed by atoms with Crippen LogP contribution in [-0.4, -0.2) is 15.6 Å². The van der Waals surface area contributed by atoms with E-state index in [1.54, 1.807) is 23.0 Å². The minimum Gasteiger partial charge on any atom is -0.294 e. The number of halogens is 2. The zero-order valence-corrected chi connectivity index (χ0v) is 11.4. The molecule has 0 saturated heterocycles. The first kappa shape index (κ1) is 11.6. The molecule has 0 aliphatic carbocycles. The standard InChI is InChI=1S/C11H8ClIN2O/c1-7(16)10-3-2-9(4-11(10)12)15-6-8(13)5-14-15/h2-6H,1H3. The average Bonchev–Trinajstić information content (AvgIpc) is 2.64. The van der Waals surface area contributed by atoms with E-state index in [9.17, 15) is 4.79 Å². The van der Waals surface area contributed by atoms with Gasteiger partial charge in [-0.25, -0.2) is 4.68 Å². The number of Topliss-reactive ketones (excluding diaryl/α,β-unsaturated/α-hetero) is 1.